The van der Waals surface area contributed by atoms with Gasteiger partial charge in [0.15, 0.2) is 0 Å². The highest BCUT2D eigenvalue weighted by Crippen LogP contribution is 2.31. The summed E-state index contributed by atoms with van der Waals surface area (Å²) in [6.07, 6.45) is -1.02. The molecule has 0 saturated carbocycles. The van der Waals surface area contributed by atoms with Gasteiger partial charge in [-0.25, -0.2) is 4.39 Å². The predicted molar refractivity (Wildman–Crippen MR) is 350 cm³/mol. The lowest BCUT2D eigenvalue weighted by molar-refractivity contribution is -0.147. The Morgan fingerprint density at radius 3 is 2.01 bits per heavy atom. The second-order valence-corrected chi connectivity index (χ2v) is 25.8. The third-order valence-electron chi connectivity index (χ3n) is 16.3. The number of amides is 9. The highest BCUT2D eigenvalue weighted by atomic mass is 32.2. The van der Waals surface area contributed by atoms with E-state index in [0.717, 1.165) is 11.1 Å². The molecule has 9 atom stereocenters. The molecule has 93 heavy (non-hydrogen) atoms. The molecule has 9 amide bonds. The van der Waals surface area contributed by atoms with Crippen LogP contribution in [0, 0.1) is 5.82 Å². The number of nitrogens with zero attached hydrogens (tertiary/aromatic N) is 1. The number of hydrogen-bond donors (Lipinski definition) is 12. The lowest BCUT2D eigenvalue weighted by Crippen LogP contribution is -2.63. The van der Waals surface area contributed by atoms with Crippen LogP contribution in [0.1, 0.15) is 99.6 Å². The van der Waals surface area contributed by atoms with Crippen LogP contribution in [-0.4, -0.2) is 165 Å². The number of fused-ring (bicyclic) bond motifs is 4. The van der Waals surface area contributed by atoms with E-state index in [9.17, 15) is 53.0 Å². The van der Waals surface area contributed by atoms with Gasteiger partial charge in [-0.3, -0.25) is 47.9 Å². The van der Waals surface area contributed by atoms with Gasteiger partial charge < -0.3 is 73.1 Å². The van der Waals surface area contributed by atoms with Crippen molar-refractivity contribution in [2.75, 3.05) is 31.7 Å². The second-order valence-electron chi connectivity index (χ2n) is 23.6. The van der Waals surface area contributed by atoms with E-state index in [4.69, 9.17) is 10.5 Å². The van der Waals surface area contributed by atoms with Gasteiger partial charge in [0, 0.05) is 91.8 Å². The molecule has 5 aromatic rings. The fraction of sp³-hybridized carbons (Fsp3) is 0.455. The summed E-state index contributed by atoms with van der Waals surface area (Å²) in [6, 6.07) is 15.2. The van der Waals surface area contributed by atoms with Crippen LogP contribution in [-0.2, 0) is 85.3 Å². The van der Waals surface area contributed by atoms with E-state index in [0.29, 0.717) is 74.8 Å². The number of nitrogens with two attached hydrogens (primary N) is 1. The Balaban J connectivity index is 1.22. The average molecular weight is 1320 g/mol. The fourth-order valence-corrected chi connectivity index (χ4v) is 12.8. The number of carbonyl (C=O) groups excluding carboxylic acids is 9. The number of carbonyl (C=O) groups is 10. The lowest BCUT2D eigenvalue weighted by Gasteiger charge is -2.37. The molecule has 4 aromatic carbocycles. The molecular weight excluding hydrogens is 1240 g/mol. The number of H-pyrrole nitrogens is 1. The van der Waals surface area contributed by atoms with Crippen LogP contribution >= 0.6 is 23.5 Å². The van der Waals surface area contributed by atoms with E-state index in [1.54, 1.807) is 67.2 Å². The minimum atomic E-state index is -1.82. The molecule has 24 nitrogen and oxygen atoms in total. The summed E-state index contributed by atoms with van der Waals surface area (Å²) < 4.78 is 20.2. The summed E-state index contributed by atoms with van der Waals surface area (Å²) in [7, 11) is 1.49. The van der Waals surface area contributed by atoms with Gasteiger partial charge in [-0.05, 0) is 117 Å². The highest BCUT2D eigenvalue weighted by molar-refractivity contribution is 7.98. The van der Waals surface area contributed by atoms with Crippen LogP contribution in [0.25, 0.3) is 10.9 Å². The van der Waals surface area contributed by atoms with Crippen LogP contribution in [0.2, 0.25) is 0 Å². The third kappa shape index (κ3) is 20.7. The number of benzene rings is 4. The first-order valence-corrected chi connectivity index (χ1v) is 33.3. The number of aliphatic hydroxyl groups excluding tert-OH is 1. The molecule has 0 aliphatic carbocycles. The zero-order valence-electron chi connectivity index (χ0n) is 52.8. The van der Waals surface area contributed by atoms with Crippen LogP contribution in [0.4, 0.5) is 4.39 Å². The molecular formula is C66H84FN11O13S2. The molecule has 7 rings (SSSR count). The Kier molecular flexibility index (Phi) is 26.6. The Bertz CT molecular complexity index is 3480. The zero-order chi connectivity index (χ0) is 67.4. The Hall–Kier alpha value is -8.53. The first kappa shape index (κ1) is 71.9. The van der Waals surface area contributed by atoms with E-state index >= 15 is 9.59 Å². The molecule has 2 aliphatic heterocycles. The molecule has 2 bridgehead atoms. The minimum absolute atomic E-state index is 0.0891. The first-order chi connectivity index (χ1) is 44.4. The van der Waals surface area contributed by atoms with E-state index < -0.39 is 125 Å². The number of methoxy groups -OCH3 is 1. The van der Waals surface area contributed by atoms with Crippen molar-refractivity contribution < 1.29 is 67.3 Å². The van der Waals surface area contributed by atoms with Gasteiger partial charge in [-0.1, -0.05) is 60.7 Å². The molecule has 3 heterocycles. The molecule has 1 aromatic heterocycles. The van der Waals surface area contributed by atoms with Crippen molar-refractivity contribution in [3.8, 4) is 5.75 Å². The molecule has 1 saturated heterocycles. The smallest absolute Gasteiger partial charge is 0.303 e. The van der Waals surface area contributed by atoms with Crippen molar-refractivity contribution in [2.45, 2.75) is 157 Å². The molecule has 0 spiro atoms. The standard InChI is InChI=1S/C66H84FN11O13S2/c1-38-58(83)72-39(2)59(84)74-52(31-42-10-6-11-43(28-42)34-68)61(86)75-53(32-46-35-70-50-21-18-47(67)33-49(46)50)62(87)73-51(14-8-15-56(81)82)60(85)77-57(40(3)79)63(88)76-54(30-41-16-19-48(91-5)20-17-41)64(89)78-25-9-23-66(78,4)65(90)69-24-27-93-37-45-13-7-12-44(29-45)36-92-26-22-55(80)71-38/h6-7,10-13,16-21,28-29,33,35,38-40,51-54,57,70,79H,8-9,14-15,22-27,30-32,34,36-37,68H2,1-5H3,(H,69,90)(H,71,80)(H,72,83)(H,73,87)(H,74,84)(H,75,86)(H,76,88)(H,77,85)(H,81,82)/t38-,39+,40+,51-,52-,53-,54-,57+,66-/m0/s1. The predicted octanol–water partition coefficient (Wildman–Crippen LogP) is 2.94. The molecule has 13 N–H and O–H groups in total. The number of thioether (sulfide) groups is 2. The van der Waals surface area contributed by atoms with Gasteiger partial charge in [0.2, 0.25) is 53.2 Å². The topological polar surface area (TPSA) is 362 Å². The zero-order valence-corrected chi connectivity index (χ0v) is 54.4. The van der Waals surface area contributed by atoms with Crippen LogP contribution < -0.4 is 53.0 Å². The van der Waals surface area contributed by atoms with E-state index in [1.165, 1.54) is 68.9 Å². The number of aliphatic carboxylic acids is 1. The van der Waals surface area contributed by atoms with Gasteiger partial charge in [-0.2, -0.15) is 23.5 Å². The van der Waals surface area contributed by atoms with E-state index in [1.807, 2.05) is 18.2 Å². The third-order valence-corrected chi connectivity index (χ3v) is 18.4. The maximum absolute atomic E-state index is 15.0. The normalized spacial score (nSPS) is 23.9. The number of hydrogen-bond acceptors (Lipinski definition) is 15. The van der Waals surface area contributed by atoms with E-state index in [2.05, 4.69) is 53.6 Å². The number of nitrogens with one attached hydrogen (secondary N) is 9. The van der Waals surface area contributed by atoms with Crippen LogP contribution in [0.15, 0.2) is 97.2 Å². The average Bonchev–Trinajstić information content (AvgIpc) is 1.70. The number of carboxylic acid groups (broad SMARTS) is 1. The lowest BCUT2D eigenvalue weighted by atomic mass is 9.95. The summed E-state index contributed by atoms with van der Waals surface area (Å²) in [5.41, 5.74) is 9.31. The number of aliphatic hydroxyl groups is 1. The molecule has 2 aliphatic rings. The molecule has 500 valence electrons. The summed E-state index contributed by atoms with van der Waals surface area (Å²) in [6.45, 7) is 6.29. The summed E-state index contributed by atoms with van der Waals surface area (Å²) >= 11 is 3.13. The molecule has 27 heteroatoms. The monoisotopic (exact) mass is 1320 g/mol. The van der Waals surface area contributed by atoms with Crippen molar-refractivity contribution >= 4 is 93.6 Å². The second kappa shape index (κ2) is 34.4. The number of halogens is 1. The van der Waals surface area contributed by atoms with Gasteiger partial charge in [-0.15, -0.1) is 0 Å². The molecule has 1 fully saturated rings. The van der Waals surface area contributed by atoms with Gasteiger partial charge >= 0.3 is 5.97 Å². The van der Waals surface area contributed by atoms with Crippen molar-refractivity contribution in [2.24, 2.45) is 5.73 Å². The van der Waals surface area contributed by atoms with E-state index in [-0.39, 0.29) is 58.2 Å². The maximum Gasteiger partial charge on any atom is 0.303 e. The number of aromatic amines is 1. The number of carboxylic acids is 1. The van der Waals surface area contributed by atoms with Crippen LogP contribution in [0.5, 0.6) is 5.75 Å². The molecule has 0 radical (unpaired) electrons. The summed E-state index contributed by atoms with van der Waals surface area (Å²) in [5.74, 6) is -6.12. The largest absolute Gasteiger partial charge is 0.497 e. The van der Waals surface area contributed by atoms with Crippen LogP contribution in [0.3, 0.4) is 0 Å². The number of ether oxygens (including phenoxy) is 1. The van der Waals surface area contributed by atoms with Gasteiger partial charge in [0.05, 0.1) is 13.2 Å². The summed E-state index contributed by atoms with van der Waals surface area (Å²) in [5, 5.41) is 42.8. The molecule has 0 unspecified atom stereocenters. The van der Waals surface area contributed by atoms with Crippen molar-refractivity contribution in [3.63, 3.8) is 0 Å². The quantitative estimate of drug-likeness (QED) is 0.0806. The van der Waals surface area contributed by atoms with Crippen molar-refractivity contribution in [1.82, 2.24) is 52.4 Å². The van der Waals surface area contributed by atoms with Crippen molar-refractivity contribution in [1.29, 1.82) is 0 Å². The fourth-order valence-electron chi connectivity index (χ4n) is 11.1. The minimum Gasteiger partial charge on any atom is -0.497 e. The van der Waals surface area contributed by atoms with Gasteiger partial charge in [0.1, 0.15) is 59.4 Å². The highest BCUT2D eigenvalue weighted by Gasteiger charge is 2.48. The Labute approximate surface area is 547 Å². The van der Waals surface area contributed by atoms with Crippen molar-refractivity contribution in [3.05, 3.63) is 136 Å². The maximum atomic E-state index is 15.0. The Morgan fingerprint density at radius 2 is 1.32 bits per heavy atom. The number of rotatable bonds is 13. The summed E-state index contributed by atoms with van der Waals surface area (Å²) in [4.78, 5) is 146. The Morgan fingerprint density at radius 1 is 0.710 bits per heavy atom. The SMILES string of the molecule is COc1ccc(C[C@@H]2NC(=O)[C@@H]([C@@H](C)O)NC(=O)[C@H](CCCC(=O)O)NC(=O)[C@H](Cc3c[nH]c4ccc(F)cc34)NC(=O)[C@H](Cc3cccc(CN)c3)NC(=O)[C@@H](C)NC(=O)[C@H](C)NC(=O)CCSCc3cccc(c3)CSCCNC(=O)[C@]3(C)CCCN3C2=O)cc1. The van der Waals surface area contributed by atoms with Gasteiger partial charge in [0.25, 0.3) is 0 Å². The first-order valence-electron chi connectivity index (χ1n) is 31.0. The number of aromatic nitrogens is 1.